The van der Waals surface area contributed by atoms with Gasteiger partial charge in [-0.25, -0.2) is 15.0 Å². The minimum atomic E-state index is -0.427. The molecule has 0 atom stereocenters. The highest BCUT2D eigenvalue weighted by Crippen LogP contribution is 2.64. The third-order valence-electron chi connectivity index (χ3n) is 14.6. The van der Waals surface area contributed by atoms with Crippen molar-refractivity contribution in [2.45, 2.75) is 5.41 Å². The van der Waals surface area contributed by atoms with Crippen molar-refractivity contribution in [3.63, 3.8) is 0 Å². The predicted octanol–water partition coefficient (Wildman–Crippen LogP) is 16.8. The van der Waals surface area contributed by atoms with E-state index in [-0.39, 0.29) is 0 Å². The zero-order valence-electron chi connectivity index (χ0n) is 37.0. The first kappa shape index (κ1) is 38.3. The number of hydrogen-bond acceptors (Lipinski definition) is 5. The first-order chi connectivity index (χ1) is 34.2. The highest BCUT2D eigenvalue weighted by molar-refractivity contribution is 7.25. The van der Waals surface area contributed by atoms with Crippen LogP contribution in [0.1, 0.15) is 22.3 Å². The molecule has 0 saturated carbocycles. The van der Waals surface area contributed by atoms with Gasteiger partial charge in [-0.1, -0.05) is 188 Å². The molecule has 3 heterocycles. The van der Waals surface area contributed by atoms with E-state index in [1.165, 1.54) is 64.9 Å². The van der Waals surface area contributed by atoms with E-state index in [1.54, 1.807) is 11.3 Å². The molecule has 0 bridgehead atoms. The van der Waals surface area contributed by atoms with E-state index in [0.717, 1.165) is 60.7 Å². The van der Waals surface area contributed by atoms with Crippen LogP contribution >= 0.6 is 11.3 Å². The molecule has 10 aromatic carbocycles. The van der Waals surface area contributed by atoms with E-state index in [9.17, 15) is 0 Å². The van der Waals surface area contributed by atoms with Gasteiger partial charge in [-0.3, -0.25) is 0 Å². The maximum absolute atomic E-state index is 6.73. The zero-order chi connectivity index (χ0) is 45.2. The average Bonchev–Trinajstić information content (AvgIpc) is 4.16. The summed E-state index contributed by atoms with van der Waals surface area (Å²) < 4.78 is 9.16. The second kappa shape index (κ2) is 14.6. The molecule has 15 rings (SSSR count). The highest BCUT2D eigenvalue weighted by atomic mass is 32.1. The Kier molecular flexibility index (Phi) is 8.12. The second-order valence-corrected chi connectivity index (χ2v) is 19.2. The summed E-state index contributed by atoms with van der Waals surface area (Å²) in [6, 6.07) is 80.8. The molecular weight excluding hydrogens is 859 g/mol. The van der Waals surface area contributed by atoms with Crippen LogP contribution in [0.25, 0.3) is 121 Å². The molecule has 0 radical (unpaired) electrons. The van der Waals surface area contributed by atoms with E-state index in [1.807, 2.05) is 12.1 Å². The molecule has 2 aliphatic rings. The smallest absolute Gasteiger partial charge is 0.164 e. The largest absolute Gasteiger partial charge is 0.456 e. The Hall–Kier alpha value is -8.77. The molecule has 1 spiro atoms. The Balaban J connectivity index is 0.953. The standard InChI is InChI=1S/C64H37N3OS/c1-2-16-38(17-3-1)39-18-12-19-41(36-39)61-65-62(67-63(66-61)48-26-15-33-57-60(48)46-23-7-11-32-56(46)69-57)47-25-14-31-55-59(47)49-37-40(34-35-54(49)68-55)42-24-13-30-53-58(42)45-22-6-10-29-52(45)64(53)50-27-8-4-20-43(50)44-21-5-9-28-51(44)64/h1-37H. The number of furan rings is 1. The van der Waals surface area contributed by atoms with Gasteiger partial charge in [0.25, 0.3) is 0 Å². The van der Waals surface area contributed by atoms with Crippen LogP contribution in [0, 0.1) is 0 Å². The Morgan fingerprint density at radius 2 is 0.870 bits per heavy atom. The number of thiophene rings is 1. The topological polar surface area (TPSA) is 51.8 Å². The Morgan fingerprint density at radius 3 is 1.67 bits per heavy atom. The summed E-state index contributed by atoms with van der Waals surface area (Å²) in [6.07, 6.45) is 0. The van der Waals surface area contributed by atoms with Crippen LogP contribution in [-0.4, -0.2) is 15.0 Å². The normalized spacial score (nSPS) is 13.0. The average molecular weight is 896 g/mol. The number of rotatable bonds is 5. The molecule has 13 aromatic rings. The molecule has 0 saturated heterocycles. The quantitative estimate of drug-likeness (QED) is 0.173. The highest BCUT2D eigenvalue weighted by Gasteiger charge is 2.52. The lowest BCUT2D eigenvalue weighted by Crippen LogP contribution is -2.25. The lowest BCUT2D eigenvalue weighted by Gasteiger charge is -2.30. The minimum absolute atomic E-state index is 0.427. The molecule has 5 heteroatoms. The van der Waals surface area contributed by atoms with Gasteiger partial charge in [-0.05, 0) is 103 Å². The van der Waals surface area contributed by atoms with Gasteiger partial charge in [0.2, 0.25) is 0 Å². The van der Waals surface area contributed by atoms with Gasteiger partial charge in [-0.2, -0.15) is 0 Å². The fourth-order valence-corrected chi connectivity index (χ4v) is 12.9. The minimum Gasteiger partial charge on any atom is -0.456 e. The SMILES string of the molecule is c1ccc(-c2cccc(-c3nc(-c4cccc5oc6ccc(-c7cccc8c7-c7ccccc7C87c8ccccc8-c8ccccc87)cc6c45)nc(-c4cccc5sc6ccccc6c45)n3)c2)cc1. The van der Waals surface area contributed by atoms with E-state index in [2.05, 4.69) is 212 Å². The molecule has 0 amide bonds. The number of fused-ring (bicyclic) bond motifs is 16. The van der Waals surface area contributed by atoms with Crippen LogP contribution < -0.4 is 0 Å². The number of hydrogen-bond donors (Lipinski definition) is 0. The molecule has 69 heavy (non-hydrogen) atoms. The summed E-state index contributed by atoms with van der Waals surface area (Å²) in [5, 5.41) is 4.33. The predicted molar refractivity (Wildman–Crippen MR) is 283 cm³/mol. The summed E-state index contributed by atoms with van der Waals surface area (Å²) >= 11 is 1.79. The van der Waals surface area contributed by atoms with Gasteiger partial charge in [0.05, 0.1) is 5.41 Å². The zero-order valence-corrected chi connectivity index (χ0v) is 37.8. The third kappa shape index (κ3) is 5.48. The van der Waals surface area contributed by atoms with E-state index < -0.39 is 5.41 Å². The van der Waals surface area contributed by atoms with Gasteiger partial charge < -0.3 is 4.42 Å². The molecular formula is C64H37N3OS. The Labute approximate surface area is 401 Å². The van der Waals surface area contributed by atoms with Crippen molar-refractivity contribution in [1.82, 2.24) is 15.0 Å². The lowest BCUT2D eigenvalue weighted by molar-refractivity contribution is 0.669. The fraction of sp³-hybridized carbons (Fsp3) is 0.0156. The van der Waals surface area contributed by atoms with Crippen molar-refractivity contribution in [3.8, 4) is 78.7 Å². The van der Waals surface area contributed by atoms with Gasteiger partial charge in [0.15, 0.2) is 17.5 Å². The van der Waals surface area contributed by atoms with E-state index >= 15 is 0 Å². The summed E-state index contributed by atoms with van der Waals surface area (Å²) in [6.45, 7) is 0. The van der Waals surface area contributed by atoms with Gasteiger partial charge in [-0.15, -0.1) is 11.3 Å². The van der Waals surface area contributed by atoms with Crippen molar-refractivity contribution in [3.05, 3.63) is 247 Å². The van der Waals surface area contributed by atoms with Crippen molar-refractivity contribution >= 4 is 53.4 Å². The van der Waals surface area contributed by atoms with E-state index in [0.29, 0.717) is 17.5 Å². The Morgan fingerprint density at radius 1 is 0.319 bits per heavy atom. The fourth-order valence-electron chi connectivity index (χ4n) is 11.7. The van der Waals surface area contributed by atoms with Crippen LogP contribution in [0.4, 0.5) is 0 Å². The van der Waals surface area contributed by atoms with Crippen LogP contribution in [0.3, 0.4) is 0 Å². The first-order valence-electron chi connectivity index (χ1n) is 23.4. The third-order valence-corrected chi connectivity index (χ3v) is 15.7. The van der Waals surface area contributed by atoms with Crippen LogP contribution in [0.2, 0.25) is 0 Å². The monoisotopic (exact) mass is 895 g/mol. The lowest BCUT2D eigenvalue weighted by atomic mass is 9.70. The number of benzene rings is 10. The molecule has 320 valence electrons. The summed E-state index contributed by atoms with van der Waals surface area (Å²) in [7, 11) is 0. The van der Waals surface area contributed by atoms with Crippen LogP contribution in [0.15, 0.2) is 229 Å². The molecule has 3 aromatic heterocycles. The first-order valence-corrected chi connectivity index (χ1v) is 24.2. The van der Waals surface area contributed by atoms with Crippen molar-refractivity contribution in [1.29, 1.82) is 0 Å². The van der Waals surface area contributed by atoms with Gasteiger partial charge in [0, 0.05) is 47.6 Å². The van der Waals surface area contributed by atoms with Crippen molar-refractivity contribution < 1.29 is 4.42 Å². The molecule has 0 unspecified atom stereocenters. The van der Waals surface area contributed by atoms with Crippen LogP contribution in [-0.2, 0) is 5.41 Å². The van der Waals surface area contributed by atoms with Crippen molar-refractivity contribution in [2.24, 2.45) is 0 Å². The van der Waals surface area contributed by atoms with Crippen LogP contribution in [0.5, 0.6) is 0 Å². The molecule has 4 nitrogen and oxygen atoms in total. The molecule has 2 aliphatic carbocycles. The molecule has 0 fully saturated rings. The van der Waals surface area contributed by atoms with Gasteiger partial charge in [0.1, 0.15) is 11.2 Å². The van der Waals surface area contributed by atoms with Gasteiger partial charge >= 0.3 is 0 Å². The van der Waals surface area contributed by atoms with Crippen molar-refractivity contribution in [2.75, 3.05) is 0 Å². The number of aromatic nitrogens is 3. The second-order valence-electron chi connectivity index (χ2n) is 18.1. The molecule has 0 aliphatic heterocycles. The summed E-state index contributed by atoms with van der Waals surface area (Å²) in [5.41, 5.74) is 18.9. The number of nitrogens with zero attached hydrogens (tertiary/aromatic N) is 3. The summed E-state index contributed by atoms with van der Waals surface area (Å²) in [4.78, 5) is 16.1. The maximum Gasteiger partial charge on any atom is 0.164 e. The Bertz CT molecular complexity index is 4230. The maximum atomic E-state index is 6.73. The van der Waals surface area contributed by atoms with E-state index in [4.69, 9.17) is 19.4 Å². The molecule has 0 N–H and O–H groups in total. The summed E-state index contributed by atoms with van der Waals surface area (Å²) in [5.74, 6) is 1.82.